The van der Waals surface area contributed by atoms with E-state index in [0.29, 0.717) is 16.0 Å². The van der Waals surface area contributed by atoms with Crippen molar-refractivity contribution in [3.8, 4) is 0 Å². The molecular weight excluding hydrogens is 277 g/mol. The van der Waals surface area contributed by atoms with E-state index in [1.807, 2.05) is 0 Å². The van der Waals surface area contributed by atoms with E-state index in [2.05, 4.69) is 11.8 Å². The van der Waals surface area contributed by atoms with Crippen LogP contribution < -0.4 is 0 Å². The molecule has 0 aliphatic carbocycles. The molecule has 0 rings (SSSR count). The van der Waals surface area contributed by atoms with E-state index in [0.717, 1.165) is 7.05 Å². The highest BCUT2D eigenvalue weighted by Gasteiger charge is 2.31. The smallest absolute Gasteiger partial charge is 0.169 e. The first kappa shape index (κ1) is 12.7. The maximum Gasteiger partial charge on any atom is 0.351 e. The van der Waals surface area contributed by atoms with Crippen LogP contribution in [-0.2, 0) is 11.8 Å². The zero-order chi connectivity index (χ0) is 9.28. The Balaban J connectivity index is 4.10. The standard InChI is InChI=1S/C2H3Cl3F2NPS2/c1-8(9(6,7)10)11-2(3,4)5/h1H3. The van der Waals surface area contributed by atoms with E-state index in [1.165, 1.54) is 0 Å². The first-order valence-corrected chi connectivity index (χ1v) is 6.57. The van der Waals surface area contributed by atoms with E-state index >= 15 is 0 Å². The van der Waals surface area contributed by atoms with Crippen LogP contribution in [0, 0.1) is 0 Å². The van der Waals surface area contributed by atoms with Crippen molar-refractivity contribution >= 4 is 65.4 Å². The van der Waals surface area contributed by atoms with E-state index in [-0.39, 0.29) is 0 Å². The van der Waals surface area contributed by atoms with Gasteiger partial charge in [0.05, 0.1) is 0 Å². The molecule has 0 unspecified atom stereocenters. The molecule has 0 atom stereocenters. The molecule has 0 aromatic carbocycles. The summed E-state index contributed by atoms with van der Waals surface area (Å²) in [6.07, 6.45) is 0. The van der Waals surface area contributed by atoms with Crippen LogP contribution in [0.25, 0.3) is 0 Å². The maximum absolute atomic E-state index is 12.3. The molecule has 0 aliphatic rings. The molecule has 0 aliphatic heterocycles. The Labute approximate surface area is 87.8 Å². The highest BCUT2D eigenvalue weighted by atomic mass is 35.6. The average Bonchev–Trinajstić information content (AvgIpc) is 1.56. The molecule has 0 heterocycles. The maximum atomic E-state index is 12.3. The number of hydrogen-bond acceptors (Lipinski definition) is 2. The number of nitrogens with zero attached hydrogens (tertiary/aromatic N) is 1. The zero-order valence-electron chi connectivity index (χ0n) is 5.10. The second kappa shape index (κ2) is 4.27. The minimum atomic E-state index is -4.48. The number of halogens is 5. The van der Waals surface area contributed by atoms with Gasteiger partial charge in [-0.15, -0.1) is 0 Å². The fraction of sp³-hybridized carbons (Fsp3) is 1.00. The third kappa shape index (κ3) is 6.82. The van der Waals surface area contributed by atoms with E-state index in [1.54, 1.807) is 0 Å². The van der Waals surface area contributed by atoms with Gasteiger partial charge in [-0.25, -0.2) is 0 Å². The monoisotopic (exact) mass is 279 g/mol. The van der Waals surface area contributed by atoms with Gasteiger partial charge in [0.25, 0.3) is 3.12 Å². The Bertz CT molecular complexity index is 179. The number of alkyl halides is 3. The Morgan fingerprint density at radius 1 is 1.45 bits per heavy atom. The molecule has 0 saturated carbocycles. The average molecular weight is 281 g/mol. The summed E-state index contributed by atoms with van der Waals surface area (Å²) in [6.45, 7) is -4.48. The van der Waals surface area contributed by atoms with Gasteiger partial charge < -0.3 is 0 Å². The van der Waals surface area contributed by atoms with E-state index in [4.69, 9.17) is 34.8 Å². The summed E-state index contributed by atoms with van der Waals surface area (Å²) < 4.78 is 23.3. The molecule has 68 valence electrons. The topological polar surface area (TPSA) is 3.24 Å². The molecule has 11 heavy (non-hydrogen) atoms. The normalized spacial score (nSPS) is 14.1. The molecular formula is C2H3Cl3F2NPS2. The molecule has 0 radical (unpaired) electrons. The lowest BCUT2D eigenvalue weighted by molar-refractivity contribution is 0.653. The van der Waals surface area contributed by atoms with Crippen LogP contribution >= 0.6 is 53.6 Å². The van der Waals surface area contributed by atoms with Gasteiger partial charge in [-0.2, -0.15) is 12.5 Å². The molecule has 0 aromatic heterocycles. The van der Waals surface area contributed by atoms with Gasteiger partial charge in [-0.1, -0.05) is 34.8 Å². The quantitative estimate of drug-likeness (QED) is 0.427. The highest BCUT2D eigenvalue weighted by Crippen LogP contribution is 2.59. The Morgan fingerprint density at radius 2 is 1.82 bits per heavy atom. The molecule has 0 N–H and O–H groups in total. The second-order valence-corrected chi connectivity index (χ2v) is 8.79. The van der Waals surface area contributed by atoms with Gasteiger partial charge >= 0.3 is 6.81 Å². The Kier molecular flexibility index (Phi) is 4.92. The predicted molar refractivity (Wildman–Crippen MR) is 52.1 cm³/mol. The molecule has 9 heteroatoms. The van der Waals surface area contributed by atoms with Gasteiger partial charge in [-0.3, -0.25) is 0 Å². The van der Waals surface area contributed by atoms with E-state index < -0.39 is 9.93 Å². The summed E-state index contributed by atoms with van der Waals surface area (Å²) in [4.78, 5) is 0. The largest absolute Gasteiger partial charge is 0.351 e. The third-order valence-electron chi connectivity index (χ3n) is 0.564. The molecule has 0 saturated heterocycles. The van der Waals surface area contributed by atoms with Crippen LogP contribution in [0.15, 0.2) is 0 Å². The van der Waals surface area contributed by atoms with Crippen molar-refractivity contribution in [2.24, 2.45) is 0 Å². The summed E-state index contributed by atoms with van der Waals surface area (Å²) in [5.74, 6) is 0. The van der Waals surface area contributed by atoms with Gasteiger partial charge in [0, 0.05) is 7.05 Å². The lowest BCUT2D eigenvalue weighted by atomic mass is 11.6. The van der Waals surface area contributed by atoms with Crippen molar-refractivity contribution < 1.29 is 8.39 Å². The molecule has 0 bridgehead atoms. The van der Waals surface area contributed by atoms with Crippen molar-refractivity contribution in [1.82, 2.24) is 4.08 Å². The number of rotatable bonds is 2. The van der Waals surface area contributed by atoms with Crippen molar-refractivity contribution in [2.75, 3.05) is 7.05 Å². The predicted octanol–water partition coefficient (Wildman–Crippen LogP) is 4.06. The number of hydrogen-bond donors (Lipinski definition) is 0. The summed E-state index contributed by atoms with van der Waals surface area (Å²) >= 11 is 19.9. The van der Waals surface area contributed by atoms with Crippen molar-refractivity contribution in [3.63, 3.8) is 0 Å². The molecule has 0 aromatic rings. The molecule has 0 spiro atoms. The van der Waals surface area contributed by atoms with Crippen molar-refractivity contribution in [3.05, 3.63) is 0 Å². The summed E-state index contributed by atoms with van der Waals surface area (Å²) in [7, 11) is 1.09. The summed E-state index contributed by atoms with van der Waals surface area (Å²) in [5.41, 5.74) is 0. The fourth-order valence-corrected chi connectivity index (χ4v) is 2.91. The first-order chi connectivity index (χ1) is 4.63. The van der Waals surface area contributed by atoms with Gasteiger partial charge in [0.15, 0.2) is 0 Å². The first-order valence-electron chi connectivity index (χ1n) is 2.12. The zero-order valence-corrected chi connectivity index (χ0v) is 9.90. The van der Waals surface area contributed by atoms with Crippen LogP contribution in [0.5, 0.6) is 0 Å². The van der Waals surface area contributed by atoms with Crippen LogP contribution in [0.4, 0.5) is 8.39 Å². The Hall–Kier alpha value is 1.69. The lowest BCUT2D eigenvalue weighted by Crippen LogP contribution is -2.07. The molecule has 0 fully saturated rings. The van der Waals surface area contributed by atoms with Gasteiger partial charge in [0.1, 0.15) is 0 Å². The van der Waals surface area contributed by atoms with Gasteiger partial charge in [-0.05, 0) is 23.8 Å². The molecule has 1 nitrogen and oxygen atoms in total. The minimum Gasteiger partial charge on any atom is -0.169 e. The van der Waals surface area contributed by atoms with Gasteiger partial charge in [0.2, 0.25) is 0 Å². The van der Waals surface area contributed by atoms with Crippen molar-refractivity contribution in [1.29, 1.82) is 0 Å². The van der Waals surface area contributed by atoms with Crippen LogP contribution in [0.3, 0.4) is 0 Å². The lowest BCUT2D eigenvalue weighted by Gasteiger charge is -2.19. The summed E-state index contributed by atoms with van der Waals surface area (Å²) in [6, 6.07) is 0. The minimum absolute atomic E-state index is 0.389. The fourth-order valence-electron chi connectivity index (χ4n) is 0.197. The molecule has 0 amide bonds. The highest BCUT2D eigenvalue weighted by molar-refractivity contribution is 8.16. The SMILES string of the molecule is CN(SC(Cl)(Cl)Cl)P(F)(F)=S. The van der Waals surface area contributed by atoms with Crippen LogP contribution in [0.2, 0.25) is 0 Å². The Morgan fingerprint density at radius 3 is 1.91 bits per heavy atom. The van der Waals surface area contributed by atoms with E-state index in [9.17, 15) is 8.39 Å². The van der Waals surface area contributed by atoms with Crippen LogP contribution in [0.1, 0.15) is 0 Å². The summed E-state index contributed by atoms with van der Waals surface area (Å²) in [5, 5.41) is 0. The van der Waals surface area contributed by atoms with Crippen molar-refractivity contribution in [2.45, 2.75) is 3.12 Å². The second-order valence-electron chi connectivity index (χ2n) is 1.44. The third-order valence-corrected chi connectivity index (χ3v) is 4.22. The van der Waals surface area contributed by atoms with Crippen LogP contribution in [-0.4, -0.2) is 14.2 Å².